The van der Waals surface area contributed by atoms with E-state index in [0.29, 0.717) is 21.0 Å². The molecule has 4 aromatic heterocycles. The number of carboxylic acid groups (broad SMARTS) is 1. The van der Waals surface area contributed by atoms with Gasteiger partial charge in [0.15, 0.2) is 0 Å². The van der Waals surface area contributed by atoms with Gasteiger partial charge < -0.3 is 19.8 Å². The van der Waals surface area contributed by atoms with E-state index >= 15 is 0 Å². The zero-order valence-corrected chi connectivity index (χ0v) is 16.4. The van der Waals surface area contributed by atoms with Crippen molar-refractivity contribution in [2.45, 2.75) is 6.92 Å². The van der Waals surface area contributed by atoms with Gasteiger partial charge >= 0.3 is 11.9 Å². The van der Waals surface area contributed by atoms with Gasteiger partial charge in [-0.3, -0.25) is 0 Å². The van der Waals surface area contributed by atoms with Crippen molar-refractivity contribution in [1.82, 2.24) is 9.97 Å². The van der Waals surface area contributed by atoms with E-state index in [-0.39, 0.29) is 11.7 Å². The highest BCUT2D eigenvalue weighted by Crippen LogP contribution is 2.30. The average molecular weight is 431 g/mol. The van der Waals surface area contributed by atoms with Crippen LogP contribution in [0.3, 0.4) is 0 Å². The quantitative estimate of drug-likeness (QED) is 0.366. The standard InChI is InChI=1S/C9H8ClNO2S.C7H4ClNO2S/c1-2-13-9(12)6-3-7-5(11-6)4-8(10)14-7;8-6-2-3-5(12-6)1-4(9-3)7(10)11/h3-4,11H,2H2,1H3;1-2,9H,(H,10,11). The van der Waals surface area contributed by atoms with Crippen molar-refractivity contribution < 1.29 is 19.4 Å². The van der Waals surface area contributed by atoms with Crippen molar-refractivity contribution in [2.24, 2.45) is 0 Å². The Balaban J connectivity index is 0.000000152. The van der Waals surface area contributed by atoms with E-state index in [1.54, 1.807) is 31.2 Å². The molecular weight excluding hydrogens is 419 g/mol. The summed E-state index contributed by atoms with van der Waals surface area (Å²) < 4.78 is 8.07. The highest BCUT2D eigenvalue weighted by atomic mass is 35.5. The van der Waals surface area contributed by atoms with E-state index in [9.17, 15) is 9.59 Å². The third-order valence-corrected chi connectivity index (χ3v) is 5.70. The van der Waals surface area contributed by atoms with Crippen LogP contribution in [0.5, 0.6) is 0 Å². The molecule has 3 N–H and O–H groups in total. The number of H-pyrrole nitrogens is 2. The fraction of sp³-hybridized carbons (Fsp3) is 0.125. The molecular formula is C16H12Cl2N2O4S2. The van der Waals surface area contributed by atoms with Crippen LogP contribution in [-0.2, 0) is 4.74 Å². The Bertz CT molecular complexity index is 1030. The lowest BCUT2D eigenvalue weighted by molar-refractivity contribution is 0.0520. The lowest BCUT2D eigenvalue weighted by Crippen LogP contribution is -2.04. The average Bonchev–Trinajstić information content (AvgIpc) is 3.26. The molecule has 0 saturated heterocycles. The molecule has 0 aliphatic rings. The number of rotatable bonds is 3. The first-order chi connectivity index (χ1) is 12.4. The fourth-order valence-corrected chi connectivity index (χ4v) is 4.50. The number of hydrogen-bond donors (Lipinski definition) is 3. The van der Waals surface area contributed by atoms with Crippen LogP contribution in [0.15, 0.2) is 24.3 Å². The normalized spacial score (nSPS) is 10.7. The summed E-state index contributed by atoms with van der Waals surface area (Å²) in [6.45, 7) is 2.16. The number of fused-ring (bicyclic) bond motifs is 2. The van der Waals surface area contributed by atoms with Crippen molar-refractivity contribution >= 4 is 78.2 Å². The molecule has 26 heavy (non-hydrogen) atoms. The molecule has 0 bridgehead atoms. The number of ether oxygens (including phenoxy) is 1. The number of carbonyl (C=O) groups is 2. The number of nitrogens with one attached hydrogen (secondary N) is 2. The minimum absolute atomic E-state index is 0.202. The summed E-state index contributed by atoms with van der Waals surface area (Å²) in [4.78, 5) is 27.5. The third kappa shape index (κ3) is 4.04. The summed E-state index contributed by atoms with van der Waals surface area (Å²) in [6.07, 6.45) is 0. The molecule has 0 aliphatic heterocycles. The highest BCUT2D eigenvalue weighted by molar-refractivity contribution is 7.23. The Morgan fingerprint density at radius 3 is 1.96 bits per heavy atom. The van der Waals surface area contributed by atoms with Gasteiger partial charge in [-0.25, -0.2) is 9.59 Å². The summed E-state index contributed by atoms with van der Waals surface area (Å²) in [7, 11) is 0. The Morgan fingerprint density at radius 1 is 1.00 bits per heavy atom. The molecule has 6 nitrogen and oxygen atoms in total. The van der Waals surface area contributed by atoms with Crippen molar-refractivity contribution in [3.05, 3.63) is 44.3 Å². The van der Waals surface area contributed by atoms with Crippen LogP contribution in [0.2, 0.25) is 8.67 Å². The molecule has 4 aromatic rings. The maximum atomic E-state index is 11.3. The monoisotopic (exact) mass is 430 g/mol. The van der Waals surface area contributed by atoms with Gasteiger partial charge in [0, 0.05) is 0 Å². The number of aromatic nitrogens is 2. The topological polar surface area (TPSA) is 95.2 Å². The van der Waals surface area contributed by atoms with Gasteiger partial charge in [0.05, 0.1) is 35.7 Å². The molecule has 0 fully saturated rings. The molecule has 4 heterocycles. The van der Waals surface area contributed by atoms with Crippen LogP contribution in [0.1, 0.15) is 27.9 Å². The molecule has 0 aliphatic carbocycles. The fourth-order valence-electron chi connectivity index (χ4n) is 2.22. The van der Waals surface area contributed by atoms with Gasteiger partial charge in [0.2, 0.25) is 0 Å². The summed E-state index contributed by atoms with van der Waals surface area (Å²) >= 11 is 14.3. The Morgan fingerprint density at radius 2 is 1.50 bits per heavy atom. The van der Waals surface area contributed by atoms with Crippen molar-refractivity contribution in [3.63, 3.8) is 0 Å². The van der Waals surface area contributed by atoms with Crippen molar-refractivity contribution in [3.8, 4) is 0 Å². The number of carboxylic acids is 1. The number of aromatic amines is 2. The first kappa shape index (κ1) is 18.8. The first-order valence-corrected chi connectivity index (χ1v) is 9.72. The van der Waals surface area contributed by atoms with Crippen LogP contribution in [0.25, 0.3) is 20.4 Å². The molecule has 0 saturated carbocycles. The summed E-state index contributed by atoms with van der Waals surface area (Å²) in [6, 6.07) is 6.84. The van der Waals surface area contributed by atoms with Crippen LogP contribution in [-0.4, -0.2) is 33.6 Å². The Hall–Kier alpha value is -2.00. The number of carbonyl (C=O) groups excluding carboxylic acids is 1. The van der Waals surface area contributed by atoms with Crippen LogP contribution < -0.4 is 0 Å². The van der Waals surface area contributed by atoms with Crippen molar-refractivity contribution in [1.29, 1.82) is 0 Å². The van der Waals surface area contributed by atoms with Crippen LogP contribution >= 0.6 is 45.9 Å². The largest absolute Gasteiger partial charge is 0.477 e. The molecule has 0 atom stereocenters. The van der Waals surface area contributed by atoms with Crippen LogP contribution in [0.4, 0.5) is 0 Å². The smallest absolute Gasteiger partial charge is 0.354 e. The summed E-state index contributed by atoms with van der Waals surface area (Å²) in [5.74, 6) is -1.28. The van der Waals surface area contributed by atoms with E-state index in [1.807, 2.05) is 0 Å². The minimum atomic E-state index is -0.950. The minimum Gasteiger partial charge on any atom is -0.477 e. The molecule has 0 unspecified atom stereocenters. The van der Waals surface area contributed by atoms with Gasteiger partial charge in [0.25, 0.3) is 0 Å². The van der Waals surface area contributed by atoms with E-state index in [4.69, 9.17) is 33.0 Å². The van der Waals surface area contributed by atoms with Gasteiger partial charge in [-0.1, -0.05) is 23.2 Å². The molecule has 0 radical (unpaired) electrons. The SMILES string of the molecule is CCOC(=O)c1cc2sc(Cl)cc2[nH]1.O=C(O)c1cc2sc(Cl)cc2[nH]1. The van der Waals surface area contributed by atoms with E-state index in [1.165, 1.54) is 22.7 Å². The highest BCUT2D eigenvalue weighted by Gasteiger charge is 2.12. The Labute approximate surface area is 165 Å². The number of hydrogen-bond acceptors (Lipinski definition) is 5. The lowest BCUT2D eigenvalue weighted by Gasteiger charge is -1.96. The number of esters is 1. The van der Waals surface area contributed by atoms with E-state index < -0.39 is 5.97 Å². The van der Waals surface area contributed by atoms with E-state index in [2.05, 4.69) is 9.97 Å². The summed E-state index contributed by atoms with van der Waals surface area (Å²) in [5.41, 5.74) is 2.34. The zero-order chi connectivity index (χ0) is 18.8. The van der Waals surface area contributed by atoms with E-state index in [0.717, 1.165) is 20.4 Å². The second kappa shape index (κ2) is 7.71. The number of thiophene rings is 2. The van der Waals surface area contributed by atoms with Gasteiger partial charge in [-0.05, 0) is 31.2 Å². The number of halogens is 2. The second-order valence-electron chi connectivity index (χ2n) is 5.05. The van der Waals surface area contributed by atoms with Crippen molar-refractivity contribution in [2.75, 3.05) is 6.61 Å². The second-order valence-corrected chi connectivity index (χ2v) is 8.48. The molecule has 10 heteroatoms. The van der Waals surface area contributed by atoms with Gasteiger partial charge in [-0.2, -0.15) is 0 Å². The molecule has 0 amide bonds. The number of aromatic carboxylic acids is 1. The first-order valence-electron chi connectivity index (χ1n) is 7.34. The maximum absolute atomic E-state index is 11.3. The summed E-state index contributed by atoms with van der Waals surface area (Å²) in [5, 5.41) is 8.61. The van der Waals surface area contributed by atoms with Gasteiger partial charge in [0.1, 0.15) is 11.4 Å². The third-order valence-electron chi connectivity index (χ3n) is 3.28. The molecule has 0 spiro atoms. The van der Waals surface area contributed by atoms with Crippen LogP contribution in [0, 0.1) is 0 Å². The molecule has 0 aromatic carbocycles. The van der Waals surface area contributed by atoms with Gasteiger partial charge in [-0.15, -0.1) is 22.7 Å². The molecule has 136 valence electrons. The maximum Gasteiger partial charge on any atom is 0.354 e. The molecule has 4 rings (SSSR count). The zero-order valence-electron chi connectivity index (χ0n) is 13.3. The predicted molar refractivity (Wildman–Crippen MR) is 105 cm³/mol. The Kier molecular flexibility index (Phi) is 5.57. The lowest BCUT2D eigenvalue weighted by atomic mass is 10.4. The predicted octanol–water partition coefficient (Wildman–Crippen LogP) is 5.64.